The van der Waals surface area contributed by atoms with E-state index in [2.05, 4.69) is 40.0 Å². The number of benzene rings is 3. The van der Waals surface area contributed by atoms with Gasteiger partial charge in [-0.05, 0) is 41.8 Å². The quantitative estimate of drug-likeness (QED) is 0.177. The standard InChI is InChI=1S/C21H20O2.C4H8N4O.CH3NO/c1-3-7-19(8-4-1)17-22-16-15-18-11-13-21(14-12-18)23-20-9-5-2-6-10-20;5-2-8-3-7-1-4(6)9;2-1-3/h1-14H,15-17H2;2-3H,1H2,(H2,6,9)(H2,5,7,8);1H,(H2,2,3). The second-order valence-electron chi connectivity index (χ2n) is 6.70. The molecular formula is C26H31N5O4. The minimum atomic E-state index is -0.488. The summed E-state index contributed by atoms with van der Waals surface area (Å²) in [5.41, 5.74) is 16.2. The first-order valence-electron chi connectivity index (χ1n) is 10.7. The minimum absolute atomic E-state index is 0.0443. The average molecular weight is 478 g/mol. The summed E-state index contributed by atoms with van der Waals surface area (Å²) in [7, 11) is 0. The SMILES string of the molecule is NC=NC=NCC(N)=O.NC=O.c1ccc(COCCc2ccc(Oc3ccccc3)cc2)cc1. The van der Waals surface area contributed by atoms with Crippen LogP contribution in [0, 0.1) is 0 Å². The van der Waals surface area contributed by atoms with E-state index in [1.54, 1.807) is 0 Å². The molecule has 3 aromatic rings. The Morgan fingerprint density at radius 2 is 1.40 bits per heavy atom. The van der Waals surface area contributed by atoms with E-state index < -0.39 is 5.91 Å². The zero-order valence-corrected chi connectivity index (χ0v) is 19.4. The first kappa shape index (κ1) is 28.5. The third kappa shape index (κ3) is 15.1. The maximum atomic E-state index is 9.99. The fraction of sp³-hybridized carbons (Fsp3) is 0.154. The molecule has 0 atom stereocenters. The molecule has 0 aromatic heterocycles. The van der Waals surface area contributed by atoms with Crippen molar-refractivity contribution in [1.82, 2.24) is 0 Å². The number of hydrogen-bond donors (Lipinski definition) is 3. The Labute approximate surface area is 205 Å². The van der Waals surface area contributed by atoms with Crippen LogP contribution in [-0.4, -0.2) is 38.1 Å². The summed E-state index contributed by atoms with van der Waals surface area (Å²) in [6.07, 6.45) is 3.40. The van der Waals surface area contributed by atoms with Gasteiger partial charge in [-0.25, -0.2) is 4.99 Å². The molecule has 0 saturated carbocycles. The number of carbonyl (C=O) groups is 2. The Morgan fingerprint density at radius 3 is 1.97 bits per heavy atom. The monoisotopic (exact) mass is 477 g/mol. The van der Waals surface area contributed by atoms with Crippen LogP contribution in [0.4, 0.5) is 0 Å². The van der Waals surface area contributed by atoms with Crippen LogP contribution in [0.25, 0.3) is 0 Å². The molecule has 9 nitrogen and oxygen atoms in total. The summed E-state index contributed by atoms with van der Waals surface area (Å²) >= 11 is 0. The predicted octanol–water partition coefficient (Wildman–Crippen LogP) is 2.83. The van der Waals surface area contributed by atoms with Crippen LogP contribution >= 0.6 is 0 Å². The molecule has 35 heavy (non-hydrogen) atoms. The summed E-state index contributed by atoms with van der Waals surface area (Å²) in [6, 6.07) is 28.2. The lowest BCUT2D eigenvalue weighted by atomic mass is 10.1. The molecule has 0 bridgehead atoms. The molecule has 0 saturated heterocycles. The van der Waals surface area contributed by atoms with Gasteiger partial charge in [-0.15, -0.1) is 0 Å². The summed E-state index contributed by atoms with van der Waals surface area (Å²) in [5.74, 6) is 1.22. The largest absolute Gasteiger partial charge is 0.457 e. The first-order chi connectivity index (χ1) is 17.1. The van der Waals surface area contributed by atoms with Crippen LogP contribution in [0.3, 0.4) is 0 Å². The van der Waals surface area contributed by atoms with Crippen molar-refractivity contribution in [1.29, 1.82) is 0 Å². The number of carbonyl (C=O) groups excluding carboxylic acids is 2. The summed E-state index contributed by atoms with van der Waals surface area (Å²) in [5, 5.41) is 0. The molecule has 0 unspecified atom stereocenters. The number of nitrogens with zero attached hydrogens (tertiary/aromatic N) is 2. The van der Waals surface area contributed by atoms with Gasteiger partial charge in [0.2, 0.25) is 12.3 Å². The second kappa shape index (κ2) is 19.0. The number of ether oxygens (including phenoxy) is 2. The molecule has 3 aromatic carbocycles. The molecule has 3 rings (SSSR count). The minimum Gasteiger partial charge on any atom is -0.457 e. The van der Waals surface area contributed by atoms with E-state index in [0.29, 0.717) is 13.2 Å². The molecule has 0 fully saturated rings. The van der Waals surface area contributed by atoms with Crippen molar-refractivity contribution in [2.24, 2.45) is 27.2 Å². The van der Waals surface area contributed by atoms with E-state index in [1.807, 2.05) is 60.7 Å². The lowest BCUT2D eigenvalue weighted by Crippen LogP contribution is -2.13. The van der Waals surface area contributed by atoms with E-state index in [0.717, 1.165) is 24.3 Å². The molecule has 6 N–H and O–H groups in total. The molecule has 0 aliphatic carbocycles. The molecule has 0 aliphatic heterocycles. The van der Waals surface area contributed by atoms with E-state index in [1.165, 1.54) is 17.5 Å². The third-order valence-electron chi connectivity index (χ3n) is 4.03. The Balaban J connectivity index is 0.000000429. The highest BCUT2D eigenvalue weighted by Crippen LogP contribution is 2.21. The summed E-state index contributed by atoms with van der Waals surface area (Å²) in [6.45, 7) is 1.33. The van der Waals surface area contributed by atoms with Gasteiger partial charge < -0.3 is 26.7 Å². The van der Waals surface area contributed by atoms with Gasteiger partial charge in [0.1, 0.15) is 24.4 Å². The molecule has 9 heteroatoms. The highest BCUT2D eigenvalue weighted by atomic mass is 16.5. The Bertz CT molecular complexity index is 1010. The zero-order chi connectivity index (χ0) is 25.6. The number of para-hydroxylation sites is 1. The van der Waals surface area contributed by atoms with Gasteiger partial charge in [-0.2, -0.15) is 0 Å². The Kier molecular flexibility index (Phi) is 15.5. The highest BCUT2D eigenvalue weighted by molar-refractivity contribution is 5.78. The topological polar surface area (TPSA) is 155 Å². The van der Waals surface area contributed by atoms with Crippen LogP contribution < -0.4 is 21.9 Å². The van der Waals surface area contributed by atoms with E-state index in [4.69, 9.17) is 25.7 Å². The summed E-state index contributed by atoms with van der Waals surface area (Å²) < 4.78 is 11.5. The molecule has 184 valence electrons. The van der Waals surface area contributed by atoms with Crippen molar-refractivity contribution in [2.45, 2.75) is 13.0 Å². The Hall–Kier alpha value is -4.50. The molecule has 0 spiro atoms. The fourth-order valence-electron chi connectivity index (χ4n) is 2.52. The molecule has 2 amide bonds. The maximum Gasteiger partial charge on any atom is 0.239 e. The average Bonchev–Trinajstić information content (AvgIpc) is 2.88. The first-order valence-corrected chi connectivity index (χ1v) is 10.7. The van der Waals surface area contributed by atoms with Crippen molar-refractivity contribution in [3.8, 4) is 11.5 Å². The number of amides is 2. The van der Waals surface area contributed by atoms with Crippen LogP contribution in [0.15, 0.2) is 94.9 Å². The van der Waals surface area contributed by atoms with Crippen LogP contribution in [0.1, 0.15) is 11.1 Å². The number of aliphatic imine (C=N–C) groups is 2. The number of nitrogens with two attached hydrogens (primary N) is 3. The van der Waals surface area contributed by atoms with Crippen molar-refractivity contribution in [3.05, 3.63) is 96.1 Å². The number of rotatable bonds is 10. The zero-order valence-electron chi connectivity index (χ0n) is 19.4. The van der Waals surface area contributed by atoms with Crippen molar-refractivity contribution in [2.75, 3.05) is 13.2 Å². The van der Waals surface area contributed by atoms with Gasteiger partial charge >= 0.3 is 0 Å². The molecule has 0 heterocycles. The number of hydrogen-bond acceptors (Lipinski definition) is 5. The molecule has 0 radical (unpaired) electrons. The lowest BCUT2D eigenvalue weighted by molar-refractivity contribution is -0.116. The van der Waals surface area contributed by atoms with Crippen LogP contribution in [-0.2, 0) is 27.4 Å². The van der Waals surface area contributed by atoms with Gasteiger partial charge in [-0.1, -0.05) is 60.7 Å². The molecular weight excluding hydrogens is 446 g/mol. The second-order valence-corrected chi connectivity index (χ2v) is 6.70. The van der Waals surface area contributed by atoms with Gasteiger partial charge in [-0.3, -0.25) is 14.6 Å². The normalized spacial score (nSPS) is 10.1. The van der Waals surface area contributed by atoms with Gasteiger partial charge in [0.25, 0.3) is 0 Å². The van der Waals surface area contributed by atoms with Gasteiger partial charge in [0.05, 0.1) is 19.6 Å². The van der Waals surface area contributed by atoms with E-state index >= 15 is 0 Å². The van der Waals surface area contributed by atoms with Crippen molar-refractivity contribution in [3.63, 3.8) is 0 Å². The molecule has 0 aliphatic rings. The summed E-state index contributed by atoms with van der Waals surface area (Å²) in [4.78, 5) is 25.5. The predicted molar refractivity (Wildman–Crippen MR) is 138 cm³/mol. The van der Waals surface area contributed by atoms with Gasteiger partial charge in [0.15, 0.2) is 0 Å². The third-order valence-corrected chi connectivity index (χ3v) is 4.03. The number of primary amides is 2. The lowest BCUT2D eigenvalue weighted by Gasteiger charge is -2.07. The van der Waals surface area contributed by atoms with Crippen LogP contribution in [0.5, 0.6) is 11.5 Å². The fourth-order valence-corrected chi connectivity index (χ4v) is 2.52. The van der Waals surface area contributed by atoms with E-state index in [-0.39, 0.29) is 13.0 Å². The highest BCUT2D eigenvalue weighted by Gasteiger charge is 1.98. The Morgan fingerprint density at radius 1 is 0.829 bits per heavy atom. The van der Waals surface area contributed by atoms with E-state index in [9.17, 15) is 4.79 Å². The maximum absolute atomic E-state index is 9.99. The van der Waals surface area contributed by atoms with Crippen LogP contribution in [0.2, 0.25) is 0 Å². The van der Waals surface area contributed by atoms with Crippen molar-refractivity contribution >= 4 is 25.0 Å². The van der Waals surface area contributed by atoms with Crippen molar-refractivity contribution < 1.29 is 19.1 Å². The van der Waals surface area contributed by atoms with Gasteiger partial charge in [0, 0.05) is 0 Å². The smallest absolute Gasteiger partial charge is 0.239 e.